The van der Waals surface area contributed by atoms with Crippen LogP contribution in [0.4, 0.5) is 0 Å². The van der Waals surface area contributed by atoms with Crippen LogP contribution < -0.4 is 0 Å². The third-order valence-electron chi connectivity index (χ3n) is 15.5. The van der Waals surface area contributed by atoms with E-state index in [1.54, 1.807) is 0 Å². The molecule has 32 heavy (non-hydrogen) atoms. The first-order valence-corrected chi connectivity index (χ1v) is 14.0. The normalized spacial score (nSPS) is 63.2. The monoisotopic (exact) mass is 436 g/mol. The molecule has 5 fully saturated rings. The first-order valence-electron chi connectivity index (χ1n) is 14.0. The maximum absolute atomic E-state index is 13.0. The summed E-state index contributed by atoms with van der Waals surface area (Å²) in [5.74, 6) is 1.36. The molecule has 0 aliphatic heterocycles. The van der Waals surface area contributed by atoms with E-state index in [1.165, 1.54) is 57.8 Å². The molecule has 1 spiro atoms. The second-order valence-corrected chi connectivity index (χ2v) is 15.2. The van der Waals surface area contributed by atoms with Gasteiger partial charge in [0, 0.05) is 11.8 Å². The Morgan fingerprint density at radius 3 is 2.22 bits per heavy atom. The highest BCUT2D eigenvalue weighted by molar-refractivity contribution is 5.90. The third kappa shape index (κ3) is 1.81. The van der Waals surface area contributed by atoms with Gasteiger partial charge in [-0.15, -0.1) is 0 Å². The number of rotatable bonds is 0. The summed E-state index contributed by atoms with van der Waals surface area (Å²) >= 11 is 0. The van der Waals surface area contributed by atoms with Gasteiger partial charge in [0.25, 0.3) is 0 Å². The minimum absolute atomic E-state index is 0.0236. The number of ketones is 1. The van der Waals surface area contributed by atoms with Gasteiger partial charge in [-0.05, 0) is 102 Å². The number of carbonyl (C=O) groups excluding carboxylic acids is 1. The lowest BCUT2D eigenvalue weighted by atomic mass is 9.28. The lowest BCUT2D eigenvalue weighted by molar-refractivity contribution is -0.231. The van der Waals surface area contributed by atoms with Gasteiger partial charge >= 0.3 is 0 Å². The Morgan fingerprint density at radius 2 is 1.50 bits per heavy atom. The summed E-state index contributed by atoms with van der Waals surface area (Å²) in [4.78, 5) is 13.0. The van der Waals surface area contributed by atoms with E-state index >= 15 is 0 Å². The zero-order valence-electron chi connectivity index (χ0n) is 22.3. The van der Waals surface area contributed by atoms with E-state index in [2.05, 4.69) is 61.5 Å². The molecule has 0 aromatic rings. The predicted octanol–water partition coefficient (Wildman–Crippen LogP) is 8.52. The van der Waals surface area contributed by atoms with Gasteiger partial charge in [-0.2, -0.15) is 0 Å². The molecule has 6 aliphatic rings. The molecule has 0 saturated heterocycles. The smallest absolute Gasteiger partial charge is 0.139 e. The van der Waals surface area contributed by atoms with Gasteiger partial charge in [-0.3, -0.25) is 4.79 Å². The van der Waals surface area contributed by atoms with Crippen molar-refractivity contribution < 1.29 is 4.79 Å². The van der Waals surface area contributed by atoms with E-state index in [4.69, 9.17) is 0 Å². The first kappa shape index (κ1) is 21.9. The molecular weight excluding hydrogens is 388 g/mol. The highest BCUT2D eigenvalue weighted by Crippen LogP contribution is 2.89. The molecule has 6 rings (SSSR count). The van der Waals surface area contributed by atoms with Crippen LogP contribution in [0.3, 0.4) is 0 Å². The van der Waals surface area contributed by atoms with Crippen LogP contribution in [0.15, 0.2) is 11.6 Å². The highest BCUT2D eigenvalue weighted by Gasteiger charge is 2.84. The molecule has 5 unspecified atom stereocenters. The fraction of sp³-hybridized carbons (Fsp3) is 0.903. The topological polar surface area (TPSA) is 17.1 Å². The minimum Gasteiger partial charge on any atom is -0.299 e. The van der Waals surface area contributed by atoms with Crippen LogP contribution in [0, 0.1) is 49.2 Å². The van der Waals surface area contributed by atoms with Crippen LogP contribution in [-0.4, -0.2) is 5.78 Å². The Kier molecular flexibility index (Phi) is 3.85. The van der Waals surface area contributed by atoms with E-state index in [0.29, 0.717) is 22.0 Å². The van der Waals surface area contributed by atoms with Gasteiger partial charge < -0.3 is 0 Å². The van der Waals surface area contributed by atoms with E-state index < -0.39 is 0 Å². The van der Waals surface area contributed by atoms with Crippen LogP contribution in [0.2, 0.25) is 0 Å². The minimum atomic E-state index is -0.0236. The molecular formula is C31H48O. The molecule has 0 radical (unpaired) electrons. The Morgan fingerprint density at radius 1 is 0.781 bits per heavy atom. The van der Waals surface area contributed by atoms with Crippen molar-refractivity contribution in [1.29, 1.82) is 0 Å². The Labute approximate surface area is 197 Å². The molecule has 1 heteroatoms. The summed E-state index contributed by atoms with van der Waals surface area (Å²) in [7, 11) is 0. The average Bonchev–Trinajstić information content (AvgIpc) is 3.38. The van der Waals surface area contributed by atoms with Crippen LogP contribution in [0.5, 0.6) is 0 Å². The third-order valence-corrected chi connectivity index (χ3v) is 15.5. The fourth-order valence-electron chi connectivity index (χ4n) is 12.2. The molecule has 0 heterocycles. The molecule has 0 amide bonds. The number of hydrogen-bond donors (Lipinski definition) is 0. The van der Waals surface area contributed by atoms with Gasteiger partial charge in [-0.25, -0.2) is 0 Å². The van der Waals surface area contributed by atoms with Crippen LogP contribution in [-0.2, 0) is 4.79 Å². The first-order chi connectivity index (χ1) is 14.7. The lowest BCUT2D eigenvalue weighted by Gasteiger charge is -2.76. The molecule has 1 nitrogen and oxygen atoms in total. The summed E-state index contributed by atoms with van der Waals surface area (Å²) in [6, 6.07) is 0. The maximum Gasteiger partial charge on any atom is 0.139 e. The van der Waals surface area contributed by atoms with Crippen molar-refractivity contribution in [2.24, 2.45) is 49.2 Å². The van der Waals surface area contributed by atoms with E-state index in [0.717, 1.165) is 18.8 Å². The molecule has 178 valence electrons. The quantitative estimate of drug-likeness (QED) is 0.348. The molecule has 9 atom stereocenters. The van der Waals surface area contributed by atoms with Gasteiger partial charge in [-0.1, -0.05) is 73.5 Å². The average molecular weight is 437 g/mol. The summed E-state index contributed by atoms with van der Waals surface area (Å²) < 4.78 is 0. The van der Waals surface area contributed by atoms with Crippen LogP contribution >= 0.6 is 0 Å². The second-order valence-electron chi connectivity index (χ2n) is 15.2. The second kappa shape index (κ2) is 5.62. The van der Waals surface area contributed by atoms with Gasteiger partial charge in [0.1, 0.15) is 5.78 Å². The molecule has 0 aromatic heterocycles. The van der Waals surface area contributed by atoms with Crippen molar-refractivity contribution in [3.8, 4) is 0 Å². The van der Waals surface area contributed by atoms with Crippen LogP contribution in [0.25, 0.3) is 0 Å². The Hall–Kier alpha value is -0.590. The summed E-state index contributed by atoms with van der Waals surface area (Å²) in [5, 5.41) is 0. The van der Waals surface area contributed by atoms with Crippen molar-refractivity contribution >= 4 is 5.78 Å². The standard InChI is InChI=1S/C31H48O/c1-21-10-9-13-24(2)16-17-25(3)22(30(21,24)8)11-14-28(6)27(25,5)18-19-31-20-26(31,4)23(32)12-15-29(28,31)7/h11,21H,9-10,12-20H2,1-8H3/t21?,24?,25-,26-,27?,28+,29?,30?,31-/m1/s1. The molecule has 0 bridgehead atoms. The number of hydrogen-bond acceptors (Lipinski definition) is 1. The molecule has 6 aliphatic carbocycles. The summed E-state index contributed by atoms with van der Waals surface area (Å²) in [6.07, 6.45) is 16.7. The summed E-state index contributed by atoms with van der Waals surface area (Å²) in [5.41, 5.74) is 4.07. The number of carbonyl (C=O) groups is 1. The van der Waals surface area contributed by atoms with Crippen molar-refractivity contribution in [3.05, 3.63) is 11.6 Å². The van der Waals surface area contributed by atoms with E-state index in [1.807, 2.05) is 5.57 Å². The Bertz CT molecular complexity index is 946. The van der Waals surface area contributed by atoms with Crippen molar-refractivity contribution in [3.63, 3.8) is 0 Å². The van der Waals surface area contributed by atoms with E-state index in [9.17, 15) is 4.79 Å². The lowest BCUT2D eigenvalue weighted by Crippen LogP contribution is -2.69. The zero-order valence-corrected chi connectivity index (χ0v) is 22.3. The molecule has 0 aromatic carbocycles. The maximum atomic E-state index is 13.0. The predicted molar refractivity (Wildman–Crippen MR) is 132 cm³/mol. The SMILES string of the molecule is CC1CCCC2(C)CC[C@]3(C)C(=CC[C@]4(C)C5(C)CCC(=O)[C@@]6(C)C[C@@]56CCC43C)C12C. The summed E-state index contributed by atoms with van der Waals surface area (Å²) in [6.45, 7) is 21.0. The number of Topliss-reactive ketones (excluding diaryl/α,β-unsaturated/α-hetero) is 1. The van der Waals surface area contributed by atoms with Crippen molar-refractivity contribution in [2.45, 2.75) is 126 Å². The molecule has 0 N–H and O–H groups in total. The largest absolute Gasteiger partial charge is 0.299 e. The van der Waals surface area contributed by atoms with Crippen LogP contribution in [0.1, 0.15) is 126 Å². The van der Waals surface area contributed by atoms with E-state index in [-0.39, 0.29) is 27.1 Å². The van der Waals surface area contributed by atoms with Gasteiger partial charge in [0.2, 0.25) is 0 Å². The fourth-order valence-corrected chi connectivity index (χ4v) is 12.2. The molecule has 5 saturated carbocycles. The number of fused-ring (bicyclic) bond motifs is 6. The van der Waals surface area contributed by atoms with Crippen molar-refractivity contribution in [1.82, 2.24) is 0 Å². The highest BCUT2D eigenvalue weighted by atomic mass is 16.1. The zero-order chi connectivity index (χ0) is 23.2. The van der Waals surface area contributed by atoms with Gasteiger partial charge in [0.15, 0.2) is 0 Å². The van der Waals surface area contributed by atoms with Crippen molar-refractivity contribution in [2.75, 3.05) is 0 Å². The number of allylic oxidation sites excluding steroid dienone is 2. The van der Waals surface area contributed by atoms with Gasteiger partial charge in [0.05, 0.1) is 0 Å². The Balaban J connectivity index is 1.53.